The number of nitrogens with zero attached hydrogens (tertiary/aromatic N) is 1. The fraction of sp³-hybridized carbons (Fsp3) is 0.318. The van der Waals surface area contributed by atoms with E-state index in [9.17, 15) is 9.18 Å². The molecule has 1 saturated heterocycles. The summed E-state index contributed by atoms with van der Waals surface area (Å²) >= 11 is 0. The van der Waals surface area contributed by atoms with Gasteiger partial charge in [-0.25, -0.2) is 4.39 Å². The van der Waals surface area contributed by atoms with Crippen LogP contribution in [0.25, 0.3) is 6.08 Å². The number of aryl methyl sites for hydroxylation is 1. The Morgan fingerprint density at radius 3 is 2.56 bits per heavy atom. The summed E-state index contributed by atoms with van der Waals surface area (Å²) in [5.41, 5.74) is 3.09. The number of ether oxygens (including phenoxy) is 1. The van der Waals surface area contributed by atoms with E-state index < -0.39 is 0 Å². The van der Waals surface area contributed by atoms with Crippen LogP contribution in [-0.2, 0) is 11.3 Å². The molecule has 3 rings (SSSR count). The standard InChI is InChI=1S/C22H25FN2O2/c1-17-3-5-18(6-4-17)7-10-22(26)25-13-11-24(12-14-25)16-19-15-20(23)8-9-21(19)27-2/h3-10,15H,11-14,16H2,1-2H3/p+1/b10-7+. The lowest BCUT2D eigenvalue weighted by Crippen LogP contribution is -3.13. The van der Waals surface area contributed by atoms with Crippen molar-refractivity contribution in [2.45, 2.75) is 13.5 Å². The third-order valence-corrected chi connectivity index (χ3v) is 4.96. The SMILES string of the molecule is COc1ccc(F)cc1C[NH+]1CCN(C(=O)/C=C/c2ccc(C)cc2)CC1. The first kappa shape index (κ1) is 19.1. The summed E-state index contributed by atoms with van der Waals surface area (Å²) in [6.07, 6.45) is 3.50. The largest absolute Gasteiger partial charge is 0.496 e. The number of carbonyl (C=O) groups is 1. The molecular formula is C22H26FN2O2+. The molecule has 0 bridgehead atoms. The predicted octanol–water partition coefficient (Wildman–Crippen LogP) is 2.08. The molecular weight excluding hydrogens is 343 g/mol. The summed E-state index contributed by atoms with van der Waals surface area (Å²) in [4.78, 5) is 15.6. The number of methoxy groups -OCH3 is 1. The first-order valence-corrected chi connectivity index (χ1v) is 9.25. The number of piperazine rings is 1. The van der Waals surface area contributed by atoms with Gasteiger partial charge in [-0.1, -0.05) is 29.8 Å². The van der Waals surface area contributed by atoms with Crippen LogP contribution in [0.2, 0.25) is 0 Å². The van der Waals surface area contributed by atoms with Crippen LogP contribution in [0.1, 0.15) is 16.7 Å². The molecule has 1 N–H and O–H groups in total. The number of rotatable bonds is 5. The van der Waals surface area contributed by atoms with Crippen molar-refractivity contribution in [3.05, 3.63) is 71.0 Å². The summed E-state index contributed by atoms with van der Waals surface area (Å²) in [6, 6.07) is 12.7. The monoisotopic (exact) mass is 369 g/mol. The molecule has 4 nitrogen and oxygen atoms in total. The number of benzene rings is 2. The smallest absolute Gasteiger partial charge is 0.246 e. The highest BCUT2D eigenvalue weighted by Gasteiger charge is 2.23. The van der Waals surface area contributed by atoms with Crippen molar-refractivity contribution >= 4 is 12.0 Å². The molecule has 1 fully saturated rings. The van der Waals surface area contributed by atoms with E-state index in [0.717, 1.165) is 24.2 Å². The van der Waals surface area contributed by atoms with Crippen molar-refractivity contribution < 1.29 is 18.8 Å². The molecule has 142 valence electrons. The van der Waals surface area contributed by atoms with Crippen LogP contribution in [0.3, 0.4) is 0 Å². The average molecular weight is 369 g/mol. The van der Waals surface area contributed by atoms with Crippen molar-refractivity contribution in [2.24, 2.45) is 0 Å². The molecule has 1 amide bonds. The summed E-state index contributed by atoms with van der Waals surface area (Å²) in [5.74, 6) is 0.502. The van der Waals surface area contributed by atoms with Gasteiger partial charge in [0.15, 0.2) is 0 Å². The number of hydrogen-bond donors (Lipinski definition) is 1. The van der Waals surface area contributed by atoms with E-state index in [-0.39, 0.29) is 11.7 Å². The molecule has 5 heteroatoms. The van der Waals surface area contributed by atoms with Gasteiger partial charge in [0.2, 0.25) is 5.91 Å². The van der Waals surface area contributed by atoms with Gasteiger partial charge in [0.05, 0.1) is 38.9 Å². The van der Waals surface area contributed by atoms with Crippen LogP contribution in [0.4, 0.5) is 4.39 Å². The Hall–Kier alpha value is -2.66. The molecule has 0 aromatic heterocycles. The minimum absolute atomic E-state index is 0.0398. The van der Waals surface area contributed by atoms with Crippen molar-refractivity contribution in [1.29, 1.82) is 0 Å². The summed E-state index contributed by atoms with van der Waals surface area (Å²) < 4.78 is 18.9. The molecule has 27 heavy (non-hydrogen) atoms. The second-order valence-electron chi connectivity index (χ2n) is 6.95. The number of carbonyl (C=O) groups excluding carboxylic acids is 1. The second-order valence-corrected chi connectivity index (χ2v) is 6.95. The fourth-order valence-electron chi connectivity index (χ4n) is 3.33. The van der Waals surface area contributed by atoms with Gasteiger partial charge in [-0.2, -0.15) is 0 Å². The number of nitrogens with one attached hydrogen (secondary N) is 1. The third kappa shape index (κ3) is 5.17. The van der Waals surface area contributed by atoms with Crippen LogP contribution in [0, 0.1) is 12.7 Å². The minimum atomic E-state index is -0.250. The Morgan fingerprint density at radius 2 is 1.89 bits per heavy atom. The van der Waals surface area contributed by atoms with Crippen molar-refractivity contribution in [3.63, 3.8) is 0 Å². The molecule has 0 radical (unpaired) electrons. The molecule has 0 saturated carbocycles. The topological polar surface area (TPSA) is 34.0 Å². The van der Waals surface area contributed by atoms with E-state index in [4.69, 9.17) is 4.74 Å². The number of quaternary nitrogens is 1. The van der Waals surface area contributed by atoms with Gasteiger partial charge in [0.1, 0.15) is 18.1 Å². The molecule has 2 aromatic carbocycles. The highest BCUT2D eigenvalue weighted by molar-refractivity contribution is 5.91. The van der Waals surface area contributed by atoms with Crippen LogP contribution in [-0.4, -0.2) is 44.1 Å². The van der Waals surface area contributed by atoms with E-state index in [2.05, 4.69) is 0 Å². The zero-order valence-corrected chi connectivity index (χ0v) is 15.9. The van der Waals surface area contributed by atoms with Gasteiger partial charge in [-0.3, -0.25) is 4.79 Å². The van der Waals surface area contributed by atoms with Gasteiger partial charge in [-0.15, -0.1) is 0 Å². The maximum atomic E-state index is 13.5. The van der Waals surface area contributed by atoms with E-state index >= 15 is 0 Å². The van der Waals surface area contributed by atoms with Crippen LogP contribution in [0.15, 0.2) is 48.5 Å². The number of halogens is 1. The Labute approximate surface area is 159 Å². The maximum absolute atomic E-state index is 13.5. The lowest BCUT2D eigenvalue weighted by Gasteiger charge is -2.32. The highest BCUT2D eigenvalue weighted by Crippen LogP contribution is 2.18. The molecule has 0 spiro atoms. The average Bonchev–Trinajstić information content (AvgIpc) is 2.68. The first-order chi connectivity index (χ1) is 13.0. The molecule has 0 unspecified atom stereocenters. The van der Waals surface area contributed by atoms with Crippen molar-refractivity contribution in [1.82, 2.24) is 4.90 Å². The van der Waals surface area contributed by atoms with Crippen molar-refractivity contribution in [2.75, 3.05) is 33.3 Å². The molecule has 0 aliphatic carbocycles. The zero-order valence-electron chi connectivity index (χ0n) is 15.9. The minimum Gasteiger partial charge on any atom is -0.496 e. The third-order valence-electron chi connectivity index (χ3n) is 4.96. The predicted molar refractivity (Wildman–Crippen MR) is 104 cm³/mol. The molecule has 0 atom stereocenters. The number of amides is 1. The summed E-state index contributed by atoms with van der Waals surface area (Å²) in [7, 11) is 1.60. The molecule has 1 aliphatic rings. The van der Waals surface area contributed by atoms with Crippen LogP contribution < -0.4 is 9.64 Å². The molecule has 2 aromatic rings. The van der Waals surface area contributed by atoms with E-state index in [1.165, 1.54) is 22.6 Å². The van der Waals surface area contributed by atoms with E-state index in [1.807, 2.05) is 42.2 Å². The quantitative estimate of drug-likeness (QED) is 0.819. The normalized spacial score (nSPS) is 15.3. The Balaban J connectivity index is 1.53. The van der Waals surface area contributed by atoms with Gasteiger partial charge in [-0.05, 0) is 36.8 Å². The Bertz CT molecular complexity index is 810. The maximum Gasteiger partial charge on any atom is 0.246 e. The highest BCUT2D eigenvalue weighted by atomic mass is 19.1. The van der Waals surface area contributed by atoms with Gasteiger partial charge >= 0.3 is 0 Å². The molecule has 1 aliphatic heterocycles. The first-order valence-electron chi connectivity index (χ1n) is 9.25. The van der Waals surface area contributed by atoms with Gasteiger partial charge < -0.3 is 14.5 Å². The van der Waals surface area contributed by atoms with Crippen LogP contribution in [0.5, 0.6) is 5.75 Å². The summed E-state index contributed by atoms with van der Waals surface area (Å²) in [5, 5.41) is 0. The van der Waals surface area contributed by atoms with E-state index in [1.54, 1.807) is 19.3 Å². The number of hydrogen-bond acceptors (Lipinski definition) is 2. The lowest BCUT2D eigenvalue weighted by molar-refractivity contribution is -0.917. The zero-order chi connectivity index (χ0) is 19.2. The van der Waals surface area contributed by atoms with Crippen LogP contribution >= 0.6 is 0 Å². The van der Waals surface area contributed by atoms with Crippen molar-refractivity contribution in [3.8, 4) is 5.75 Å². The molecule has 1 heterocycles. The van der Waals surface area contributed by atoms with E-state index in [0.29, 0.717) is 25.4 Å². The fourth-order valence-corrected chi connectivity index (χ4v) is 3.33. The van der Waals surface area contributed by atoms with Gasteiger partial charge in [0, 0.05) is 6.08 Å². The van der Waals surface area contributed by atoms with Gasteiger partial charge in [0.25, 0.3) is 0 Å². The Morgan fingerprint density at radius 1 is 1.19 bits per heavy atom. The Kier molecular flexibility index (Phi) is 6.24. The summed E-state index contributed by atoms with van der Waals surface area (Å²) in [6.45, 7) is 5.81. The second kappa shape index (κ2) is 8.82. The lowest BCUT2D eigenvalue weighted by atomic mass is 10.1.